The summed E-state index contributed by atoms with van der Waals surface area (Å²) in [5.41, 5.74) is 0.0321. The predicted octanol–water partition coefficient (Wildman–Crippen LogP) is 3.43. The normalized spacial score (nSPS) is 16.1. The summed E-state index contributed by atoms with van der Waals surface area (Å²) in [5.74, 6) is 0.170. The van der Waals surface area contributed by atoms with Gasteiger partial charge in [-0.3, -0.25) is 4.79 Å². The van der Waals surface area contributed by atoms with Crippen molar-refractivity contribution in [1.82, 2.24) is 10.3 Å². The molecule has 1 saturated heterocycles. The second-order valence-electron chi connectivity index (χ2n) is 6.29. The van der Waals surface area contributed by atoms with Crippen molar-refractivity contribution in [2.75, 3.05) is 31.2 Å². The van der Waals surface area contributed by atoms with Crippen molar-refractivity contribution in [3.05, 3.63) is 59.3 Å². The van der Waals surface area contributed by atoms with Gasteiger partial charge in [0.1, 0.15) is 5.82 Å². The van der Waals surface area contributed by atoms with Crippen molar-refractivity contribution >= 4 is 11.7 Å². The van der Waals surface area contributed by atoms with Gasteiger partial charge >= 0.3 is 6.18 Å². The average Bonchev–Trinajstić information content (AvgIpc) is 2.68. The van der Waals surface area contributed by atoms with Crippen LogP contribution < -0.4 is 10.2 Å². The van der Waals surface area contributed by atoms with Gasteiger partial charge in [-0.1, -0.05) is 12.1 Å². The standard InChI is InChI=1S/C19H20F3N3O2/c1-13(14-4-2-5-15(12-14)19(20,21)22)24-18(26)16-6-3-7-23-17(16)25-8-10-27-11-9-25/h2-7,12-13H,8-11H2,1H3,(H,24,26). The van der Waals surface area contributed by atoms with Gasteiger partial charge in [0.15, 0.2) is 0 Å². The van der Waals surface area contributed by atoms with Gasteiger partial charge in [0.25, 0.3) is 5.91 Å². The molecule has 0 aliphatic carbocycles. The molecule has 3 rings (SSSR count). The number of morpholine rings is 1. The van der Waals surface area contributed by atoms with Gasteiger partial charge in [0, 0.05) is 19.3 Å². The van der Waals surface area contributed by atoms with Gasteiger partial charge in [-0.05, 0) is 36.8 Å². The molecule has 5 nitrogen and oxygen atoms in total. The molecule has 1 aliphatic heterocycles. The molecule has 1 aromatic carbocycles. The van der Waals surface area contributed by atoms with Gasteiger partial charge in [0.2, 0.25) is 0 Å². The Bertz CT molecular complexity index is 805. The smallest absolute Gasteiger partial charge is 0.378 e. The number of halogens is 3. The lowest BCUT2D eigenvalue weighted by atomic mass is 10.0. The summed E-state index contributed by atoms with van der Waals surface area (Å²) in [6.07, 6.45) is -2.82. The first-order valence-electron chi connectivity index (χ1n) is 8.62. The number of nitrogens with zero attached hydrogens (tertiary/aromatic N) is 2. The van der Waals surface area contributed by atoms with Crippen LogP contribution in [0.15, 0.2) is 42.6 Å². The van der Waals surface area contributed by atoms with E-state index in [0.29, 0.717) is 43.2 Å². The lowest BCUT2D eigenvalue weighted by Gasteiger charge is -2.29. The third-order valence-corrected chi connectivity index (χ3v) is 4.40. The molecular weight excluding hydrogens is 359 g/mol. The summed E-state index contributed by atoms with van der Waals surface area (Å²) in [6.45, 7) is 4.01. The fourth-order valence-electron chi connectivity index (χ4n) is 2.94. The second-order valence-corrected chi connectivity index (χ2v) is 6.29. The van der Waals surface area contributed by atoms with Gasteiger partial charge in [0.05, 0.1) is 30.4 Å². The van der Waals surface area contributed by atoms with Gasteiger partial charge in [-0.15, -0.1) is 0 Å². The maximum atomic E-state index is 12.9. The molecule has 144 valence electrons. The number of anilines is 1. The van der Waals surface area contributed by atoms with Crippen LogP contribution in [0.4, 0.5) is 19.0 Å². The van der Waals surface area contributed by atoms with E-state index in [-0.39, 0.29) is 5.91 Å². The van der Waals surface area contributed by atoms with Crippen LogP contribution in [0.2, 0.25) is 0 Å². The van der Waals surface area contributed by atoms with E-state index in [1.807, 2.05) is 4.90 Å². The van der Waals surface area contributed by atoms with Crippen LogP contribution >= 0.6 is 0 Å². The number of benzene rings is 1. The SMILES string of the molecule is CC(NC(=O)c1cccnc1N1CCOCC1)c1cccc(C(F)(F)F)c1. The quantitative estimate of drug-likeness (QED) is 0.884. The first-order valence-corrected chi connectivity index (χ1v) is 8.62. The number of carbonyl (C=O) groups is 1. The number of rotatable bonds is 4. The molecule has 1 aromatic heterocycles. The number of carbonyl (C=O) groups excluding carboxylic acids is 1. The molecule has 1 N–H and O–H groups in total. The lowest BCUT2D eigenvalue weighted by Crippen LogP contribution is -2.38. The highest BCUT2D eigenvalue weighted by Gasteiger charge is 2.31. The fourth-order valence-corrected chi connectivity index (χ4v) is 2.94. The minimum absolute atomic E-state index is 0.380. The van der Waals surface area contributed by atoms with Crippen LogP contribution in [0.3, 0.4) is 0 Å². The van der Waals surface area contributed by atoms with Crippen LogP contribution in [0.1, 0.15) is 34.5 Å². The molecular formula is C19H20F3N3O2. The summed E-state index contributed by atoms with van der Waals surface area (Å²) < 4.78 is 44.0. The Kier molecular flexibility index (Phi) is 5.65. The number of pyridine rings is 1. The molecule has 2 heterocycles. The minimum atomic E-state index is -4.42. The highest BCUT2D eigenvalue weighted by Crippen LogP contribution is 2.31. The number of amides is 1. The van der Waals surface area contributed by atoms with Gasteiger partial charge in [-0.2, -0.15) is 13.2 Å². The molecule has 1 atom stereocenters. The number of alkyl halides is 3. The zero-order chi connectivity index (χ0) is 19.4. The number of nitrogens with one attached hydrogen (secondary N) is 1. The summed E-state index contributed by atoms with van der Waals surface area (Å²) in [7, 11) is 0. The van der Waals surface area contributed by atoms with Crippen molar-refractivity contribution in [2.45, 2.75) is 19.1 Å². The van der Waals surface area contributed by atoms with Crippen LogP contribution in [0.5, 0.6) is 0 Å². The number of ether oxygens (including phenoxy) is 1. The molecule has 27 heavy (non-hydrogen) atoms. The molecule has 1 unspecified atom stereocenters. The Balaban J connectivity index is 1.78. The van der Waals surface area contributed by atoms with E-state index in [2.05, 4.69) is 10.3 Å². The number of aromatic nitrogens is 1. The maximum absolute atomic E-state index is 12.9. The molecule has 0 saturated carbocycles. The Morgan fingerprint density at radius 2 is 1.96 bits per heavy atom. The number of hydrogen-bond acceptors (Lipinski definition) is 4. The Labute approximate surface area is 155 Å². The molecule has 2 aromatic rings. The van der Waals surface area contributed by atoms with Crippen molar-refractivity contribution in [2.24, 2.45) is 0 Å². The van der Waals surface area contributed by atoms with Crippen LogP contribution in [-0.4, -0.2) is 37.2 Å². The van der Waals surface area contributed by atoms with Crippen molar-refractivity contribution in [3.8, 4) is 0 Å². The highest BCUT2D eigenvalue weighted by atomic mass is 19.4. The summed E-state index contributed by atoms with van der Waals surface area (Å²) in [5, 5.41) is 2.77. The molecule has 0 bridgehead atoms. The average molecular weight is 379 g/mol. The van der Waals surface area contributed by atoms with E-state index in [1.54, 1.807) is 31.3 Å². The van der Waals surface area contributed by atoms with Crippen molar-refractivity contribution in [1.29, 1.82) is 0 Å². The third-order valence-electron chi connectivity index (χ3n) is 4.40. The predicted molar refractivity (Wildman–Crippen MR) is 94.6 cm³/mol. The first-order chi connectivity index (χ1) is 12.9. The summed E-state index contributed by atoms with van der Waals surface area (Å²) >= 11 is 0. The monoisotopic (exact) mass is 379 g/mol. The van der Waals surface area contributed by atoms with Gasteiger partial charge in [-0.25, -0.2) is 4.98 Å². The van der Waals surface area contributed by atoms with E-state index in [0.717, 1.165) is 12.1 Å². The molecule has 1 amide bonds. The molecule has 8 heteroatoms. The largest absolute Gasteiger partial charge is 0.416 e. The van der Waals surface area contributed by atoms with E-state index < -0.39 is 17.8 Å². The molecule has 0 spiro atoms. The van der Waals surface area contributed by atoms with Crippen LogP contribution in [0, 0.1) is 0 Å². The molecule has 1 aliphatic rings. The van der Waals surface area contributed by atoms with Crippen LogP contribution in [0.25, 0.3) is 0 Å². The fraction of sp³-hybridized carbons (Fsp3) is 0.368. The van der Waals surface area contributed by atoms with Crippen molar-refractivity contribution in [3.63, 3.8) is 0 Å². The second kappa shape index (κ2) is 7.96. The Hall–Kier alpha value is -2.61. The Morgan fingerprint density at radius 3 is 2.67 bits per heavy atom. The maximum Gasteiger partial charge on any atom is 0.416 e. The van der Waals surface area contributed by atoms with E-state index >= 15 is 0 Å². The van der Waals surface area contributed by atoms with E-state index in [4.69, 9.17) is 4.74 Å². The van der Waals surface area contributed by atoms with Gasteiger partial charge < -0.3 is 15.0 Å². The Morgan fingerprint density at radius 1 is 1.22 bits per heavy atom. The topological polar surface area (TPSA) is 54.5 Å². The third kappa shape index (κ3) is 4.57. The summed E-state index contributed by atoms with van der Waals surface area (Å²) in [6, 6.07) is 7.70. The van der Waals surface area contributed by atoms with E-state index in [9.17, 15) is 18.0 Å². The molecule has 1 fully saturated rings. The minimum Gasteiger partial charge on any atom is -0.378 e. The van der Waals surface area contributed by atoms with Crippen molar-refractivity contribution < 1.29 is 22.7 Å². The summed E-state index contributed by atoms with van der Waals surface area (Å²) in [4.78, 5) is 19.0. The van der Waals surface area contributed by atoms with Crippen LogP contribution in [-0.2, 0) is 10.9 Å². The first kappa shape index (κ1) is 19.2. The number of hydrogen-bond donors (Lipinski definition) is 1. The zero-order valence-electron chi connectivity index (χ0n) is 14.8. The van der Waals surface area contributed by atoms with E-state index in [1.165, 1.54) is 6.07 Å². The lowest BCUT2D eigenvalue weighted by molar-refractivity contribution is -0.137. The molecule has 0 radical (unpaired) electrons. The zero-order valence-corrected chi connectivity index (χ0v) is 14.8. The highest BCUT2D eigenvalue weighted by molar-refractivity contribution is 5.99.